The molecule has 0 radical (unpaired) electrons. The highest BCUT2D eigenvalue weighted by Crippen LogP contribution is 2.31. The molecule has 3 rings (SSSR count). The lowest BCUT2D eigenvalue weighted by molar-refractivity contribution is -0.856. The summed E-state index contributed by atoms with van der Waals surface area (Å²) in [5.41, 5.74) is 2.77. The van der Waals surface area contributed by atoms with Crippen molar-refractivity contribution in [3.8, 4) is 0 Å². The van der Waals surface area contributed by atoms with Gasteiger partial charge in [-0.1, -0.05) is 35.6 Å². The van der Waals surface area contributed by atoms with Gasteiger partial charge in [0.15, 0.2) is 5.13 Å². The number of likely N-dealkylation sites (N-methyl/N-ethyl adjacent to an activating group) is 1. The third-order valence-corrected chi connectivity index (χ3v) is 5.76. The minimum atomic E-state index is -0.0227. The first-order valence-corrected chi connectivity index (χ1v) is 9.80. The number of quaternary nitrogens is 1. The number of nitrogens with one attached hydrogen (secondary N) is 1. The van der Waals surface area contributed by atoms with Gasteiger partial charge in [-0.2, -0.15) is 0 Å². The monoisotopic (exact) mass is 418 g/mol. The van der Waals surface area contributed by atoms with Gasteiger partial charge in [0.1, 0.15) is 0 Å². The van der Waals surface area contributed by atoms with Crippen LogP contribution in [0.25, 0.3) is 10.2 Å². The van der Waals surface area contributed by atoms with Gasteiger partial charge in [0.2, 0.25) is 0 Å². The predicted octanol–water partition coefficient (Wildman–Crippen LogP) is 3.16. The minimum absolute atomic E-state index is 0.0227. The smallest absolute Gasteiger partial charge is 0.261 e. The van der Waals surface area contributed by atoms with E-state index in [0.717, 1.165) is 31.9 Å². The van der Waals surface area contributed by atoms with Crippen LogP contribution in [0.15, 0.2) is 46.9 Å². The summed E-state index contributed by atoms with van der Waals surface area (Å²) >= 11 is 5.06. The number of anilines is 1. The second-order valence-corrected chi connectivity index (χ2v) is 8.18. The van der Waals surface area contributed by atoms with Crippen LogP contribution in [0.1, 0.15) is 15.9 Å². The molecule has 1 amide bonds. The van der Waals surface area contributed by atoms with E-state index in [1.807, 2.05) is 30.3 Å². The zero-order valence-corrected chi connectivity index (χ0v) is 16.9. The van der Waals surface area contributed by atoms with E-state index >= 15 is 0 Å². The molecule has 0 aliphatic rings. The number of hydrogen-bond donors (Lipinski definition) is 1. The third-order valence-electron chi connectivity index (χ3n) is 4.03. The van der Waals surface area contributed by atoms with Crippen molar-refractivity contribution in [3.63, 3.8) is 0 Å². The molecule has 0 spiro atoms. The lowest BCUT2D eigenvalue weighted by atomic mass is 10.2. The number of halogens is 1. The highest BCUT2D eigenvalue weighted by molar-refractivity contribution is 9.10. The Morgan fingerprint density at radius 3 is 2.64 bits per heavy atom. The number of nitrogens with zero attached hydrogens (tertiary/aromatic N) is 2. The Morgan fingerprint density at radius 1 is 1.20 bits per heavy atom. The summed E-state index contributed by atoms with van der Waals surface area (Å²) in [7, 11) is 4.17. The molecule has 1 heterocycles. The topological polar surface area (TPSA) is 37.6 Å². The van der Waals surface area contributed by atoms with E-state index in [1.165, 1.54) is 4.90 Å². The number of rotatable bonds is 5. The number of para-hydroxylation sites is 1. The Balaban J connectivity index is 2.03. The number of carbonyl (C=O) groups is 1. The molecule has 6 heteroatoms. The summed E-state index contributed by atoms with van der Waals surface area (Å²) < 4.78 is 1.91. The van der Waals surface area contributed by atoms with Gasteiger partial charge in [-0.15, -0.1) is 0 Å². The minimum Gasteiger partial charge on any atom is -0.338 e. The average molecular weight is 419 g/mol. The lowest BCUT2D eigenvalue weighted by Crippen LogP contribution is -3.06. The lowest BCUT2D eigenvalue weighted by Gasteiger charge is -2.21. The van der Waals surface area contributed by atoms with Crippen molar-refractivity contribution >= 4 is 48.5 Å². The van der Waals surface area contributed by atoms with Crippen molar-refractivity contribution in [2.75, 3.05) is 32.1 Å². The van der Waals surface area contributed by atoms with Crippen molar-refractivity contribution in [2.45, 2.75) is 6.92 Å². The maximum Gasteiger partial charge on any atom is 0.261 e. The number of thiazole rings is 1. The first-order chi connectivity index (χ1) is 12.0. The van der Waals surface area contributed by atoms with E-state index < -0.39 is 0 Å². The number of carbonyl (C=O) groups excluding carboxylic acids is 1. The highest BCUT2D eigenvalue weighted by Gasteiger charge is 2.23. The molecular formula is C19H21BrN3OS+. The molecule has 0 saturated heterocycles. The van der Waals surface area contributed by atoms with Crippen LogP contribution in [0.3, 0.4) is 0 Å². The normalized spacial score (nSPS) is 11.2. The third kappa shape index (κ3) is 3.92. The molecule has 0 aliphatic heterocycles. The van der Waals surface area contributed by atoms with Gasteiger partial charge in [-0.05, 0) is 46.6 Å². The Bertz CT molecular complexity index is 907. The number of benzene rings is 2. The molecule has 1 N–H and O–H groups in total. The van der Waals surface area contributed by atoms with Gasteiger partial charge in [-0.25, -0.2) is 4.98 Å². The number of aromatic nitrogens is 1. The van der Waals surface area contributed by atoms with E-state index in [2.05, 4.69) is 49.1 Å². The summed E-state index contributed by atoms with van der Waals surface area (Å²) in [6.45, 7) is 3.53. The number of amides is 1. The van der Waals surface area contributed by atoms with Crippen LogP contribution in [0, 0.1) is 6.92 Å². The Kier molecular flexibility index (Phi) is 5.51. The van der Waals surface area contributed by atoms with Crippen molar-refractivity contribution < 1.29 is 9.69 Å². The first kappa shape index (κ1) is 18.0. The first-order valence-electron chi connectivity index (χ1n) is 8.19. The average Bonchev–Trinajstić information content (AvgIpc) is 3.00. The summed E-state index contributed by atoms with van der Waals surface area (Å²) in [4.78, 5) is 21.1. The van der Waals surface area contributed by atoms with Gasteiger partial charge in [-0.3, -0.25) is 9.69 Å². The number of aryl methyl sites for hydroxylation is 1. The Morgan fingerprint density at radius 2 is 1.96 bits per heavy atom. The van der Waals surface area contributed by atoms with Gasteiger partial charge < -0.3 is 4.90 Å². The van der Waals surface area contributed by atoms with Crippen LogP contribution in [0.2, 0.25) is 0 Å². The van der Waals surface area contributed by atoms with E-state index in [1.54, 1.807) is 16.2 Å². The molecule has 0 unspecified atom stereocenters. The molecule has 4 nitrogen and oxygen atoms in total. The summed E-state index contributed by atoms with van der Waals surface area (Å²) in [5, 5.41) is 0.756. The maximum absolute atomic E-state index is 13.2. The molecule has 3 aromatic rings. The largest absolute Gasteiger partial charge is 0.338 e. The molecule has 130 valence electrons. The van der Waals surface area contributed by atoms with Gasteiger partial charge in [0.25, 0.3) is 5.91 Å². The van der Waals surface area contributed by atoms with Crippen LogP contribution in [0.5, 0.6) is 0 Å². The molecule has 0 saturated carbocycles. The fourth-order valence-electron chi connectivity index (χ4n) is 2.59. The van der Waals surface area contributed by atoms with Crippen LogP contribution >= 0.6 is 27.3 Å². The van der Waals surface area contributed by atoms with E-state index in [-0.39, 0.29) is 5.91 Å². The molecular weight excluding hydrogens is 398 g/mol. The van der Waals surface area contributed by atoms with Crippen molar-refractivity contribution in [3.05, 3.63) is 58.1 Å². The van der Waals surface area contributed by atoms with Gasteiger partial charge in [0.05, 0.1) is 43.0 Å². The van der Waals surface area contributed by atoms with Crippen molar-refractivity contribution in [1.82, 2.24) is 4.98 Å². The van der Waals surface area contributed by atoms with Crippen LogP contribution in [-0.4, -0.2) is 38.1 Å². The second-order valence-electron chi connectivity index (χ2n) is 6.31. The Labute approximate surface area is 160 Å². The number of hydrogen-bond acceptors (Lipinski definition) is 3. The maximum atomic E-state index is 13.2. The van der Waals surface area contributed by atoms with Gasteiger partial charge >= 0.3 is 0 Å². The predicted molar refractivity (Wildman–Crippen MR) is 108 cm³/mol. The van der Waals surface area contributed by atoms with E-state index in [0.29, 0.717) is 12.1 Å². The standard InChI is InChI=1S/C19H20BrN3OS/c1-13-7-6-10-16-17(13)21-19(25-16)23(12-11-22(2)3)18(24)14-8-4-5-9-15(14)20/h4-10H,11-12H2,1-3H3/p+1. The second kappa shape index (κ2) is 7.64. The fraction of sp³-hybridized carbons (Fsp3) is 0.263. The van der Waals surface area contributed by atoms with Crippen molar-refractivity contribution in [1.29, 1.82) is 0 Å². The van der Waals surface area contributed by atoms with E-state index in [4.69, 9.17) is 4.98 Å². The number of fused-ring (bicyclic) bond motifs is 1. The molecule has 0 atom stereocenters. The van der Waals surface area contributed by atoms with Crippen LogP contribution in [-0.2, 0) is 0 Å². The van der Waals surface area contributed by atoms with Crippen LogP contribution in [0.4, 0.5) is 5.13 Å². The zero-order chi connectivity index (χ0) is 18.0. The summed E-state index contributed by atoms with van der Waals surface area (Å²) in [6, 6.07) is 13.7. The molecule has 0 bridgehead atoms. The van der Waals surface area contributed by atoms with E-state index in [9.17, 15) is 4.79 Å². The Hall–Kier alpha value is -1.76. The van der Waals surface area contributed by atoms with Crippen molar-refractivity contribution in [2.24, 2.45) is 0 Å². The molecule has 0 fully saturated rings. The fourth-order valence-corrected chi connectivity index (χ4v) is 4.11. The quantitative estimate of drug-likeness (QED) is 0.690. The SMILES string of the molecule is Cc1cccc2sc(N(CC[NH+](C)C)C(=O)c3ccccc3Br)nc12. The molecule has 2 aromatic carbocycles. The molecule has 25 heavy (non-hydrogen) atoms. The summed E-state index contributed by atoms with van der Waals surface area (Å²) in [6.07, 6.45) is 0. The van der Waals surface area contributed by atoms with Gasteiger partial charge in [0, 0.05) is 4.47 Å². The molecule has 0 aliphatic carbocycles. The zero-order valence-electron chi connectivity index (χ0n) is 14.5. The summed E-state index contributed by atoms with van der Waals surface area (Å²) in [5.74, 6) is -0.0227. The highest BCUT2D eigenvalue weighted by atomic mass is 79.9. The molecule has 1 aromatic heterocycles. The van der Waals surface area contributed by atoms with Crippen LogP contribution < -0.4 is 9.80 Å².